The molecule has 0 saturated heterocycles. The first-order chi connectivity index (χ1) is 13.7. The first kappa shape index (κ1) is 17.2. The molecule has 2 aliphatic rings. The van der Waals surface area contributed by atoms with Crippen LogP contribution in [-0.4, -0.2) is 25.7 Å². The number of ketones is 1. The van der Waals surface area contributed by atoms with E-state index in [0.29, 0.717) is 18.0 Å². The molecule has 0 bridgehead atoms. The number of aromatic nitrogens is 4. The van der Waals surface area contributed by atoms with Crippen LogP contribution in [0.15, 0.2) is 55.2 Å². The van der Waals surface area contributed by atoms with Gasteiger partial charge in [0.05, 0.1) is 11.3 Å². The molecule has 5 nitrogen and oxygen atoms in total. The lowest BCUT2D eigenvalue weighted by Crippen LogP contribution is -2.50. The lowest BCUT2D eigenvalue weighted by atomic mass is 9.53. The van der Waals surface area contributed by atoms with Gasteiger partial charge in [-0.25, -0.2) is 19.9 Å². The van der Waals surface area contributed by atoms with E-state index in [4.69, 9.17) is 4.98 Å². The number of nitrogens with zero attached hydrogens (tertiary/aromatic N) is 4. The predicted octanol–water partition coefficient (Wildman–Crippen LogP) is 3.78. The summed E-state index contributed by atoms with van der Waals surface area (Å²) in [5.41, 5.74) is 4.12. The molecule has 0 radical (unpaired) electrons. The highest BCUT2D eigenvalue weighted by molar-refractivity contribution is 5.83. The third-order valence-electron chi connectivity index (χ3n) is 6.63. The molecule has 1 saturated carbocycles. The molecule has 0 spiro atoms. The Morgan fingerprint density at radius 3 is 2.61 bits per heavy atom. The second kappa shape index (κ2) is 6.59. The number of fused-ring (bicyclic) bond motifs is 3. The van der Waals surface area contributed by atoms with E-state index in [0.717, 1.165) is 30.5 Å². The molecule has 0 N–H and O–H groups in total. The summed E-state index contributed by atoms with van der Waals surface area (Å²) in [7, 11) is 0. The maximum absolute atomic E-state index is 12.6. The average Bonchev–Trinajstić information content (AvgIpc) is 2.77. The normalized spacial score (nSPS) is 26.4. The highest BCUT2D eigenvalue weighted by atomic mass is 16.1. The summed E-state index contributed by atoms with van der Waals surface area (Å²) in [4.78, 5) is 30.5. The molecule has 0 aliphatic heterocycles. The van der Waals surface area contributed by atoms with Crippen molar-refractivity contribution < 1.29 is 4.79 Å². The van der Waals surface area contributed by atoms with Crippen LogP contribution in [0.25, 0.3) is 11.4 Å². The number of benzene rings is 1. The Morgan fingerprint density at radius 1 is 1.04 bits per heavy atom. The third kappa shape index (κ3) is 2.49. The maximum atomic E-state index is 12.6. The SMILES string of the molecule is C[C@@H]1C(=O)CC[C@]2(c3ccccc3)c3nc(-c4cncnc4)ncc3CC[C@@H]12. The number of carbonyl (C=O) groups is 1. The molecule has 0 amide bonds. The molecule has 1 fully saturated rings. The van der Waals surface area contributed by atoms with Crippen LogP contribution in [0.2, 0.25) is 0 Å². The molecule has 5 rings (SSSR count). The zero-order valence-electron chi connectivity index (χ0n) is 15.9. The molecule has 28 heavy (non-hydrogen) atoms. The Kier molecular flexibility index (Phi) is 4.04. The van der Waals surface area contributed by atoms with E-state index >= 15 is 0 Å². The van der Waals surface area contributed by atoms with E-state index in [2.05, 4.69) is 46.1 Å². The second-order valence-corrected chi connectivity index (χ2v) is 7.93. The molecule has 2 heterocycles. The van der Waals surface area contributed by atoms with Crippen LogP contribution in [0, 0.1) is 11.8 Å². The highest BCUT2D eigenvalue weighted by Gasteiger charge is 2.53. The van der Waals surface area contributed by atoms with Gasteiger partial charge in [0, 0.05) is 36.3 Å². The van der Waals surface area contributed by atoms with Crippen LogP contribution in [-0.2, 0) is 16.6 Å². The average molecular weight is 370 g/mol. The van der Waals surface area contributed by atoms with Gasteiger partial charge < -0.3 is 0 Å². The van der Waals surface area contributed by atoms with Crippen LogP contribution in [0.5, 0.6) is 0 Å². The Labute approximate surface area is 164 Å². The van der Waals surface area contributed by atoms with Gasteiger partial charge in [0.15, 0.2) is 5.82 Å². The smallest absolute Gasteiger partial charge is 0.162 e. The van der Waals surface area contributed by atoms with Crippen molar-refractivity contribution in [3.63, 3.8) is 0 Å². The van der Waals surface area contributed by atoms with Crippen molar-refractivity contribution in [1.29, 1.82) is 0 Å². The monoisotopic (exact) mass is 370 g/mol. The van der Waals surface area contributed by atoms with E-state index < -0.39 is 0 Å². The summed E-state index contributed by atoms with van der Waals surface area (Å²) in [6, 6.07) is 10.6. The summed E-state index contributed by atoms with van der Waals surface area (Å²) in [5, 5.41) is 0. The molecular formula is C23H22N4O. The van der Waals surface area contributed by atoms with Crippen molar-refractivity contribution in [2.45, 2.75) is 38.0 Å². The molecular weight excluding hydrogens is 348 g/mol. The Hall–Kier alpha value is -2.95. The molecule has 1 aromatic carbocycles. The topological polar surface area (TPSA) is 68.6 Å². The number of hydrogen-bond acceptors (Lipinski definition) is 5. The first-order valence-corrected chi connectivity index (χ1v) is 9.90. The standard InChI is InChI=1S/C23H22N4O/c1-15-19-8-7-16-13-26-22(17-11-24-14-25-12-17)27-21(16)23(19,10-9-20(15)28)18-5-3-2-4-6-18/h2-6,11-15,19H,7-10H2,1H3/t15-,19-,23+/m0/s1. The fourth-order valence-electron chi connectivity index (χ4n) is 5.25. The Balaban J connectivity index is 1.74. The molecule has 3 aromatic rings. The highest BCUT2D eigenvalue weighted by Crippen LogP contribution is 2.54. The minimum Gasteiger partial charge on any atom is -0.299 e. The van der Waals surface area contributed by atoms with Crippen molar-refractivity contribution >= 4 is 5.78 Å². The van der Waals surface area contributed by atoms with Crippen molar-refractivity contribution in [1.82, 2.24) is 19.9 Å². The summed E-state index contributed by atoms with van der Waals surface area (Å²) in [6.45, 7) is 2.10. The van der Waals surface area contributed by atoms with Crippen LogP contribution in [0.3, 0.4) is 0 Å². The van der Waals surface area contributed by atoms with Crippen molar-refractivity contribution in [2.24, 2.45) is 11.8 Å². The third-order valence-corrected chi connectivity index (χ3v) is 6.63. The summed E-state index contributed by atoms with van der Waals surface area (Å²) in [5.74, 6) is 1.34. The lowest BCUT2D eigenvalue weighted by molar-refractivity contribution is -0.128. The van der Waals surface area contributed by atoms with Gasteiger partial charge in [0.2, 0.25) is 0 Å². The largest absolute Gasteiger partial charge is 0.299 e. The summed E-state index contributed by atoms with van der Waals surface area (Å²) >= 11 is 0. The zero-order chi connectivity index (χ0) is 19.1. The van der Waals surface area contributed by atoms with Crippen LogP contribution in [0.4, 0.5) is 0 Å². The van der Waals surface area contributed by atoms with Gasteiger partial charge in [0.1, 0.15) is 12.1 Å². The van der Waals surface area contributed by atoms with E-state index in [9.17, 15) is 4.79 Å². The second-order valence-electron chi connectivity index (χ2n) is 7.93. The van der Waals surface area contributed by atoms with Crippen molar-refractivity contribution in [3.05, 3.63) is 72.1 Å². The molecule has 2 aromatic heterocycles. The van der Waals surface area contributed by atoms with Gasteiger partial charge >= 0.3 is 0 Å². The van der Waals surface area contributed by atoms with E-state index in [1.54, 1.807) is 12.4 Å². The van der Waals surface area contributed by atoms with Gasteiger partial charge in [-0.2, -0.15) is 0 Å². The van der Waals surface area contributed by atoms with Gasteiger partial charge in [0.25, 0.3) is 0 Å². The molecule has 5 heteroatoms. The van der Waals surface area contributed by atoms with Gasteiger partial charge in [-0.05, 0) is 36.3 Å². The zero-order valence-corrected chi connectivity index (χ0v) is 15.9. The minimum absolute atomic E-state index is 0.0422. The van der Waals surface area contributed by atoms with E-state index in [-0.39, 0.29) is 17.3 Å². The van der Waals surface area contributed by atoms with E-state index in [1.807, 2.05) is 12.3 Å². The van der Waals surface area contributed by atoms with Crippen molar-refractivity contribution in [3.8, 4) is 11.4 Å². The number of Topliss-reactive ketones (excluding diaryl/α,β-unsaturated/α-hetero) is 1. The number of aryl methyl sites for hydroxylation is 1. The Morgan fingerprint density at radius 2 is 1.82 bits per heavy atom. The van der Waals surface area contributed by atoms with Gasteiger partial charge in [-0.1, -0.05) is 37.3 Å². The molecule has 140 valence electrons. The van der Waals surface area contributed by atoms with Crippen LogP contribution in [0.1, 0.15) is 43.0 Å². The first-order valence-electron chi connectivity index (χ1n) is 9.90. The summed E-state index contributed by atoms with van der Waals surface area (Å²) < 4.78 is 0. The lowest BCUT2D eigenvalue weighted by Gasteiger charge is -2.50. The number of rotatable bonds is 2. The Bertz CT molecular complexity index is 1020. The quantitative estimate of drug-likeness (QED) is 0.687. The van der Waals surface area contributed by atoms with Gasteiger partial charge in [-0.15, -0.1) is 0 Å². The predicted molar refractivity (Wildman–Crippen MR) is 105 cm³/mol. The molecule has 3 atom stereocenters. The minimum atomic E-state index is -0.241. The fourth-order valence-corrected chi connectivity index (χ4v) is 5.25. The van der Waals surface area contributed by atoms with Crippen LogP contribution >= 0.6 is 0 Å². The molecule has 2 aliphatic carbocycles. The molecule has 0 unspecified atom stereocenters. The maximum Gasteiger partial charge on any atom is 0.162 e. The van der Waals surface area contributed by atoms with Crippen LogP contribution < -0.4 is 0 Å². The number of carbonyl (C=O) groups excluding carboxylic acids is 1. The van der Waals surface area contributed by atoms with Crippen molar-refractivity contribution in [2.75, 3.05) is 0 Å². The number of hydrogen-bond donors (Lipinski definition) is 0. The van der Waals surface area contributed by atoms with E-state index in [1.165, 1.54) is 17.5 Å². The fraction of sp³-hybridized carbons (Fsp3) is 0.348. The van der Waals surface area contributed by atoms with Gasteiger partial charge in [-0.3, -0.25) is 4.79 Å². The summed E-state index contributed by atoms with van der Waals surface area (Å²) in [6.07, 6.45) is 10.3.